The Morgan fingerprint density at radius 1 is 0.688 bits per heavy atom. The van der Waals surface area contributed by atoms with Crippen molar-refractivity contribution in [3.63, 3.8) is 0 Å². The van der Waals surface area contributed by atoms with Gasteiger partial charge in [-0.2, -0.15) is 0 Å². The maximum atomic E-state index is 8.65. The third kappa shape index (κ3) is 14.0. The van der Waals surface area contributed by atoms with Gasteiger partial charge in [-0.05, 0) is 6.42 Å². The Hall–Kier alpha value is -0.0400. The summed E-state index contributed by atoms with van der Waals surface area (Å²) in [5.74, 6) is 0. The Kier molecular flexibility index (Phi) is 8.38. The lowest BCUT2D eigenvalue weighted by atomic mass is 10.0. The highest BCUT2D eigenvalue weighted by molar-refractivity contribution is 4.48. The van der Waals surface area contributed by atoms with E-state index in [9.17, 15) is 0 Å². The third-order valence-electron chi connectivity index (χ3n) is 2.96. The molecule has 0 aromatic heterocycles. The Balaban J connectivity index is 3.30. The standard InChI is InChI=1S/C15H32O/c1-2-3-4-5-6-7-8-9-10-11-12-13-14-15-16/h16H,2-15H2,1H3/i1D3,2D2. The molecule has 0 atom stereocenters. The van der Waals surface area contributed by atoms with Crippen LogP contribution >= 0.6 is 0 Å². The smallest absolute Gasteiger partial charge is 0.0431 e. The topological polar surface area (TPSA) is 20.2 Å². The number of aliphatic hydroxyl groups excluding tert-OH is 1. The fraction of sp³-hybridized carbons (Fsp3) is 1.00. The van der Waals surface area contributed by atoms with E-state index in [0.717, 1.165) is 32.1 Å². The zero-order valence-electron chi connectivity index (χ0n) is 15.6. The Bertz CT molecular complexity index is 241. The van der Waals surface area contributed by atoms with E-state index in [4.69, 9.17) is 12.0 Å². The van der Waals surface area contributed by atoms with E-state index in [1.165, 1.54) is 32.1 Å². The van der Waals surface area contributed by atoms with Crippen LogP contribution in [0, 0.1) is 0 Å². The van der Waals surface area contributed by atoms with Gasteiger partial charge >= 0.3 is 0 Å². The van der Waals surface area contributed by atoms with Crippen molar-refractivity contribution >= 4 is 0 Å². The molecule has 0 rings (SSSR count). The number of hydrogen-bond acceptors (Lipinski definition) is 1. The van der Waals surface area contributed by atoms with Gasteiger partial charge in [-0.15, -0.1) is 0 Å². The first-order valence-electron chi connectivity index (χ1n) is 9.42. The van der Waals surface area contributed by atoms with Gasteiger partial charge < -0.3 is 5.11 Å². The minimum Gasteiger partial charge on any atom is -0.396 e. The molecule has 0 radical (unpaired) electrons. The van der Waals surface area contributed by atoms with Gasteiger partial charge in [0.05, 0.1) is 0 Å². The highest BCUT2D eigenvalue weighted by Crippen LogP contribution is 2.12. The highest BCUT2D eigenvalue weighted by Gasteiger charge is 1.92. The second-order valence-electron chi connectivity index (χ2n) is 4.54. The van der Waals surface area contributed by atoms with Crippen LogP contribution in [-0.2, 0) is 0 Å². The first-order valence-corrected chi connectivity index (χ1v) is 6.92. The fourth-order valence-electron chi connectivity index (χ4n) is 1.92. The first-order chi connectivity index (χ1) is 9.81. The maximum absolute atomic E-state index is 8.65. The van der Waals surface area contributed by atoms with Crippen LogP contribution in [0.5, 0.6) is 0 Å². The molecular formula is C15H32O. The van der Waals surface area contributed by atoms with Crippen molar-refractivity contribution in [2.24, 2.45) is 0 Å². The van der Waals surface area contributed by atoms with Crippen molar-refractivity contribution in [1.82, 2.24) is 0 Å². The third-order valence-corrected chi connectivity index (χ3v) is 2.96. The van der Waals surface area contributed by atoms with E-state index in [-0.39, 0.29) is 6.42 Å². The zero-order valence-corrected chi connectivity index (χ0v) is 10.6. The fourth-order valence-corrected chi connectivity index (χ4v) is 1.92. The molecule has 0 saturated heterocycles. The van der Waals surface area contributed by atoms with Gasteiger partial charge in [0, 0.05) is 13.5 Å². The molecule has 1 heteroatoms. The van der Waals surface area contributed by atoms with Crippen LogP contribution in [0.15, 0.2) is 0 Å². The van der Waals surface area contributed by atoms with Crippen LogP contribution in [0.4, 0.5) is 0 Å². The zero-order chi connectivity index (χ0) is 16.2. The summed E-state index contributed by atoms with van der Waals surface area (Å²) in [6.07, 6.45) is 10.1. The molecule has 0 saturated carbocycles. The molecule has 1 N–H and O–H groups in total. The summed E-state index contributed by atoms with van der Waals surface area (Å²) in [6, 6.07) is 0. The predicted molar refractivity (Wildman–Crippen MR) is 72.8 cm³/mol. The molecule has 0 amide bonds. The van der Waals surface area contributed by atoms with Crippen molar-refractivity contribution in [2.45, 2.75) is 90.3 Å². The van der Waals surface area contributed by atoms with E-state index in [1.54, 1.807) is 0 Å². The van der Waals surface area contributed by atoms with E-state index in [0.29, 0.717) is 13.0 Å². The monoisotopic (exact) mass is 233 g/mol. The lowest BCUT2D eigenvalue weighted by Gasteiger charge is -2.02. The van der Waals surface area contributed by atoms with Gasteiger partial charge in [0.2, 0.25) is 0 Å². The van der Waals surface area contributed by atoms with Crippen molar-refractivity contribution < 1.29 is 12.0 Å². The number of unbranched alkanes of at least 4 members (excludes halogenated alkanes) is 10. The lowest BCUT2D eigenvalue weighted by Crippen LogP contribution is -1.84. The highest BCUT2D eigenvalue weighted by atomic mass is 16.2. The van der Waals surface area contributed by atoms with E-state index in [2.05, 4.69) is 0 Å². The van der Waals surface area contributed by atoms with Crippen LogP contribution in [0.25, 0.3) is 0 Å². The summed E-state index contributed by atoms with van der Waals surface area (Å²) < 4.78 is 36.4. The molecule has 0 spiro atoms. The molecule has 98 valence electrons. The number of aliphatic hydroxyl groups is 1. The summed E-state index contributed by atoms with van der Waals surface area (Å²) in [5, 5.41) is 8.65. The maximum Gasteiger partial charge on any atom is 0.0431 e. The van der Waals surface area contributed by atoms with Gasteiger partial charge in [-0.1, -0.05) is 83.9 Å². The molecule has 0 heterocycles. The average molecular weight is 233 g/mol. The summed E-state index contributed by atoms with van der Waals surface area (Å²) in [6.45, 7) is -2.19. The largest absolute Gasteiger partial charge is 0.396 e. The second kappa shape index (κ2) is 15.0. The van der Waals surface area contributed by atoms with Gasteiger partial charge in [-0.25, -0.2) is 0 Å². The summed E-state index contributed by atoms with van der Waals surface area (Å²) in [4.78, 5) is 0. The minimum absolute atomic E-state index is 0.133. The predicted octanol–water partition coefficient (Wildman–Crippen LogP) is 5.07. The molecule has 0 aliphatic carbocycles. The van der Waals surface area contributed by atoms with Gasteiger partial charge in [0.1, 0.15) is 0 Å². The van der Waals surface area contributed by atoms with Crippen molar-refractivity contribution in [1.29, 1.82) is 0 Å². The normalized spacial score (nSPS) is 17.2. The minimum atomic E-state index is -2.50. The van der Waals surface area contributed by atoms with Crippen LogP contribution in [-0.4, -0.2) is 11.7 Å². The molecule has 0 unspecified atom stereocenters. The summed E-state index contributed by atoms with van der Waals surface area (Å²) >= 11 is 0. The molecule has 0 fully saturated rings. The summed E-state index contributed by atoms with van der Waals surface area (Å²) in [7, 11) is 0. The van der Waals surface area contributed by atoms with Crippen LogP contribution < -0.4 is 0 Å². The van der Waals surface area contributed by atoms with E-state index in [1.807, 2.05) is 0 Å². The molecule has 0 aliphatic rings. The van der Waals surface area contributed by atoms with Crippen molar-refractivity contribution in [3.8, 4) is 0 Å². The Morgan fingerprint density at radius 2 is 1.06 bits per heavy atom. The Labute approximate surface area is 110 Å². The van der Waals surface area contributed by atoms with E-state index < -0.39 is 13.2 Å². The van der Waals surface area contributed by atoms with Crippen LogP contribution in [0.1, 0.15) is 97.1 Å². The molecule has 0 bridgehead atoms. The summed E-state index contributed by atoms with van der Waals surface area (Å²) in [5.41, 5.74) is 0. The van der Waals surface area contributed by atoms with Crippen LogP contribution in [0.2, 0.25) is 0 Å². The number of hydrogen-bond donors (Lipinski definition) is 1. The number of rotatable bonds is 13. The molecular weight excluding hydrogens is 196 g/mol. The van der Waals surface area contributed by atoms with Crippen molar-refractivity contribution in [2.75, 3.05) is 6.61 Å². The quantitative estimate of drug-likeness (QED) is 0.440. The van der Waals surface area contributed by atoms with E-state index >= 15 is 0 Å². The first kappa shape index (κ1) is 8.97. The lowest BCUT2D eigenvalue weighted by molar-refractivity contribution is 0.282. The van der Waals surface area contributed by atoms with Gasteiger partial charge in [-0.3, -0.25) is 0 Å². The molecule has 1 nitrogen and oxygen atoms in total. The SMILES string of the molecule is [2H]C([2H])([2H])C([2H])([2H])CCCCCCCCCCCCCO. The molecule has 16 heavy (non-hydrogen) atoms. The molecule has 0 aromatic carbocycles. The van der Waals surface area contributed by atoms with Crippen molar-refractivity contribution in [3.05, 3.63) is 0 Å². The van der Waals surface area contributed by atoms with Gasteiger partial charge in [0.15, 0.2) is 0 Å². The van der Waals surface area contributed by atoms with Gasteiger partial charge in [0.25, 0.3) is 0 Å². The van der Waals surface area contributed by atoms with Crippen LogP contribution in [0.3, 0.4) is 0 Å². The Morgan fingerprint density at radius 3 is 1.44 bits per heavy atom. The molecule has 0 aromatic rings. The molecule has 0 aliphatic heterocycles. The second-order valence-corrected chi connectivity index (χ2v) is 4.54. The average Bonchev–Trinajstić information content (AvgIpc) is 2.38.